The molecule has 4 N–H and O–H groups in total. The van der Waals surface area contributed by atoms with Crippen molar-refractivity contribution in [3.05, 3.63) is 56.2 Å². The van der Waals surface area contributed by atoms with Crippen molar-refractivity contribution < 1.29 is 33.0 Å². The number of hydrogen-bond acceptors (Lipinski definition) is 6. The van der Waals surface area contributed by atoms with E-state index in [4.69, 9.17) is 38.8 Å². The summed E-state index contributed by atoms with van der Waals surface area (Å²) in [4.78, 5) is 38.5. The largest absolute Gasteiger partial charge is 0.508 e. The standard InChI is InChI=1S/C18H20Cl2N4O3.C2HF3O2/c1-23-9-14(22-8-16(23)26)18(27)24-4-2-10(3-5-24)17(21)11-6-12(19)13(20)7-15(11)25;3-2(4,5)1(6)7/h6-10,17,25H,2-5,21H2,1H3;(H,6,7). The first-order chi connectivity index (χ1) is 15.7. The van der Waals surface area contributed by atoms with Crippen molar-refractivity contribution in [3.63, 3.8) is 0 Å². The fraction of sp³-hybridized carbons (Fsp3) is 0.400. The van der Waals surface area contributed by atoms with Crippen LogP contribution in [0.15, 0.2) is 29.3 Å². The van der Waals surface area contributed by atoms with Crippen molar-refractivity contribution in [1.29, 1.82) is 0 Å². The molecule has 186 valence electrons. The van der Waals surface area contributed by atoms with Gasteiger partial charge in [0.2, 0.25) is 0 Å². The molecule has 1 aliphatic rings. The number of carbonyl (C=O) groups is 2. The third-order valence-electron chi connectivity index (χ3n) is 5.20. The summed E-state index contributed by atoms with van der Waals surface area (Å²) in [6, 6.07) is 2.58. The second-order valence-electron chi connectivity index (χ2n) is 7.51. The van der Waals surface area contributed by atoms with E-state index in [0.717, 1.165) is 6.20 Å². The van der Waals surface area contributed by atoms with Crippen molar-refractivity contribution >= 4 is 35.1 Å². The number of phenolic OH excluding ortho intramolecular Hbond substituents is 1. The van der Waals surface area contributed by atoms with Crippen molar-refractivity contribution in [2.45, 2.75) is 25.1 Å². The van der Waals surface area contributed by atoms with Gasteiger partial charge >= 0.3 is 12.1 Å². The van der Waals surface area contributed by atoms with Crippen molar-refractivity contribution in [3.8, 4) is 5.75 Å². The molecular weight excluding hydrogens is 504 g/mol. The first kappa shape index (κ1) is 27.4. The van der Waals surface area contributed by atoms with Gasteiger partial charge in [-0.15, -0.1) is 0 Å². The van der Waals surface area contributed by atoms with Crippen LogP contribution in [0, 0.1) is 5.92 Å². The summed E-state index contributed by atoms with van der Waals surface area (Å²) in [5, 5.41) is 17.9. The zero-order valence-electron chi connectivity index (χ0n) is 17.7. The van der Waals surface area contributed by atoms with Gasteiger partial charge in [-0.05, 0) is 24.8 Å². The van der Waals surface area contributed by atoms with Crippen molar-refractivity contribution in [2.24, 2.45) is 18.7 Å². The van der Waals surface area contributed by atoms with E-state index in [9.17, 15) is 27.9 Å². The van der Waals surface area contributed by atoms with Gasteiger partial charge in [0.25, 0.3) is 11.5 Å². The Labute approximate surface area is 201 Å². The van der Waals surface area contributed by atoms with Gasteiger partial charge in [0.15, 0.2) is 0 Å². The van der Waals surface area contributed by atoms with E-state index in [0.29, 0.717) is 36.5 Å². The van der Waals surface area contributed by atoms with E-state index < -0.39 is 18.2 Å². The van der Waals surface area contributed by atoms with Gasteiger partial charge in [0.05, 0.1) is 16.2 Å². The summed E-state index contributed by atoms with van der Waals surface area (Å²) in [5.41, 5.74) is 6.86. The topological polar surface area (TPSA) is 139 Å². The highest BCUT2D eigenvalue weighted by Crippen LogP contribution is 2.37. The number of likely N-dealkylation sites (tertiary alicyclic amines) is 1. The molecule has 0 radical (unpaired) electrons. The Bertz CT molecular complexity index is 1120. The molecule has 2 heterocycles. The number of rotatable bonds is 3. The maximum atomic E-state index is 12.6. The molecule has 1 fully saturated rings. The molecule has 0 saturated carbocycles. The molecule has 1 aliphatic heterocycles. The van der Waals surface area contributed by atoms with Crippen LogP contribution in [0.5, 0.6) is 5.75 Å². The maximum absolute atomic E-state index is 12.6. The highest BCUT2D eigenvalue weighted by atomic mass is 35.5. The number of aromatic nitrogens is 2. The minimum absolute atomic E-state index is 0.0183. The van der Waals surface area contributed by atoms with E-state index in [-0.39, 0.29) is 33.9 Å². The molecule has 0 spiro atoms. The van der Waals surface area contributed by atoms with Crippen LogP contribution in [0.3, 0.4) is 0 Å². The first-order valence-corrected chi connectivity index (χ1v) is 10.5. The van der Waals surface area contributed by atoms with Gasteiger partial charge in [-0.2, -0.15) is 13.2 Å². The van der Waals surface area contributed by atoms with Gasteiger partial charge < -0.3 is 25.4 Å². The number of benzene rings is 1. The number of hydrogen-bond donors (Lipinski definition) is 3. The number of carbonyl (C=O) groups excluding carboxylic acids is 1. The third-order valence-corrected chi connectivity index (χ3v) is 5.92. The minimum atomic E-state index is -5.08. The molecule has 1 unspecified atom stereocenters. The van der Waals surface area contributed by atoms with E-state index >= 15 is 0 Å². The molecule has 1 saturated heterocycles. The van der Waals surface area contributed by atoms with Crippen LogP contribution < -0.4 is 11.3 Å². The quantitative estimate of drug-likeness (QED) is 0.560. The van der Waals surface area contributed by atoms with E-state index in [1.165, 1.54) is 16.8 Å². The molecular formula is C20H21Cl2F3N4O5. The molecule has 14 heteroatoms. The Balaban J connectivity index is 0.000000509. The predicted octanol–water partition coefficient (Wildman–Crippen LogP) is 2.98. The number of carboxylic acid groups (broad SMARTS) is 1. The Morgan fingerprint density at radius 3 is 2.24 bits per heavy atom. The molecule has 1 aromatic heterocycles. The summed E-state index contributed by atoms with van der Waals surface area (Å²) in [6.45, 7) is 1.04. The SMILES string of the molecule is Cn1cc(C(=O)N2CCC(C(N)c3cc(Cl)c(Cl)cc3O)CC2)ncc1=O.O=C(O)C(F)(F)F. The van der Waals surface area contributed by atoms with Gasteiger partial charge in [0.1, 0.15) is 11.4 Å². The zero-order valence-corrected chi connectivity index (χ0v) is 19.2. The Morgan fingerprint density at radius 2 is 1.74 bits per heavy atom. The lowest BCUT2D eigenvalue weighted by molar-refractivity contribution is -0.192. The van der Waals surface area contributed by atoms with Crippen LogP contribution in [0.2, 0.25) is 10.0 Å². The molecule has 1 aromatic carbocycles. The average molecular weight is 525 g/mol. The van der Waals surface area contributed by atoms with E-state index in [1.54, 1.807) is 18.0 Å². The monoisotopic (exact) mass is 524 g/mol. The molecule has 0 aliphatic carbocycles. The summed E-state index contributed by atoms with van der Waals surface area (Å²) in [7, 11) is 1.58. The number of alkyl halides is 3. The number of halogens is 5. The van der Waals surface area contributed by atoms with Gasteiger partial charge in [-0.1, -0.05) is 23.2 Å². The number of aromatic hydroxyl groups is 1. The highest BCUT2D eigenvalue weighted by Gasteiger charge is 2.38. The summed E-state index contributed by atoms with van der Waals surface area (Å²) in [5.74, 6) is -2.86. The predicted molar refractivity (Wildman–Crippen MR) is 117 cm³/mol. The van der Waals surface area contributed by atoms with E-state index in [1.807, 2.05) is 0 Å². The van der Waals surface area contributed by atoms with Crippen LogP contribution >= 0.6 is 23.2 Å². The number of amides is 1. The molecule has 1 atom stereocenters. The fourth-order valence-corrected chi connectivity index (χ4v) is 3.63. The second kappa shape index (κ2) is 11.1. The minimum Gasteiger partial charge on any atom is -0.508 e. The number of nitrogens with two attached hydrogens (primary N) is 1. The summed E-state index contributed by atoms with van der Waals surface area (Å²) >= 11 is 11.9. The first-order valence-electron chi connectivity index (χ1n) is 9.78. The van der Waals surface area contributed by atoms with Crippen LogP contribution in [0.25, 0.3) is 0 Å². The van der Waals surface area contributed by atoms with Crippen LogP contribution in [0.1, 0.15) is 34.9 Å². The van der Waals surface area contributed by atoms with Gasteiger partial charge in [-0.3, -0.25) is 9.59 Å². The maximum Gasteiger partial charge on any atom is 0.490 e. The number of phenols is 1. The lowest BCUT2D eigenvalue weighted by Gasteiger charge is -2.35. The number of aryl methyl sites for hydroxylation is 1. The van der Waals surface area contributed by atoms with Gasteiger partial charge in [-0.25, -0.2) is 9.78 Å². The normalized spacial score (nSPS) is 15.3. The molecule has 34 heavy (non-hydrogen) atoms. The van der Waals surface area contributed by atoms with Crippen LogP contribution in [-0.4, -0.2) is 55.8 Å². The average Bonchev–Trinajstić information content (AvgIpc) is 2.77. The van der Waals surface area contributed by atoms with Crippen molar-refractivity contribution in [2.75, 3.05) is 13.1 Å². The summed E-state index contributed by atoms with van der Waals surface area (Å²) in [6.07, 6.45) is -1.14. The lowest BCUT2D eigenvalue weighted by atomic mass is 9.85. The number of carboxylic acids is 1. The Hall–Kier alpha value is -2.83. The van der Waals surface area contributed by atoms with E-state index in [2.05, 4.69) is 4.98 Å². The number of piperidine rings is 1. The molecule has 2 aromatic rings. The van der Waals surface area contributed by atoms with Crippen molar-refractivity contribution in [1.82, 2.24) is 14.5 Å². The molecule has 0 bridgehead atoms. The fourth-order valence-electron chi connectivity index (χ4n) is 3.30. The molecule has 9 nitrogen and oxygen atoms in total. The number of aliphatic carboxylic acids is 1. The second-order valence-corrected chi connectivity index (χ2v) is 8.32. The number of nitrogens with zero attached hydrogens (tertiary/aromatic N) is 3. The van der Waals surface area contributed by atoms with Crippen LogP contribution in [0.4, 0.5) is 13.2 Å². The molecule has 3 rings (SSSR count). The Morgan fingerprint density at radius 1 is 1.21 bits per heavy atom. The molecule has 1 amide bonds. The third kappa shape index (κ3) is 6.84. The Kier molecular flexibility index (Phi) is 8.92. The smallest absolute Gasteiger partial charge is 0.490 e. The van der Waals surface area contributed by atoms with Gasteiger partial charge in [0, 0.05) is 44.0 Å². The highest BCUT2D eigenvalue weighted by molar-refractivity contribution is 6.42. The summed E-state index contributed by atoms with van der Waals surface area (Å²) < 4.78 is 33.1. The zero-order chi connectivity index (χ0) is 25.8. The van der Waals surface area contributed by atoms with Crippen LogP contribution in [-0.2, 0) is 11.8 Å². The lowest BCUT2D eigenvalue weighted by Crippen LogP contribution is -2.41.